The van der Waals surface area contributed by atoms with Crippen molar-refractivity contribution in [2.24, 2.45) is 0 Å². The Morgan fingerprint density at radius 2 is 2.21 bits per heavy atom. The standard InChI is InChI=1S/C14H17BrN2O2/c1-10(2)17(7-3-4-14(18)19)13-6-5-11(9-16)8-12(13)15/h5-6,8,10H,3-4,7H2,1-2H3,(H,18,19). The second kappa shape index (κ2) is 7.15. The van der Waals surface area contributed by atoms with Crippen molar-refractivity contribution in [2.45, 2.75) is 32.7 Å². The molecule has 0 bridgehead atoms. The molecule has 1 aromatic rings. The summed E-state index contributed by atoms with van der Waals surface area (Å²) < 4.78 is 0.857. The Kier molecular flexibility index (Phi) is 5.84. The quantitative estimate of drug-likeness (QED) is 0.871. The highest BCUT2D eigenvalue weighted by Gasteiger charge is 2.14. The molecular formula is C14H17BrN2O2. The van der Waals surface area contributed by atoms with Crippen LogP contribution in [0.2, 0.25) is 0 Å². The van der Waals surface area contributed by atoms with E-state index in [1.165, 1.54) is 0 Å². The number of aliphatic carboxylic acids is 1. The van der Waals surface area contributed by atoms with Gasteiger partial charge in [0.25, 0.3) is 0 Å². The largest absolute Gasteiger partial charge is 0.481 e. The van der Waals surface area contributed by atoms with Crippen molar-refractivity contribution in [3.8, 4) is 6.07 Å². The number of rotatable bonds is 6. The van der Waals surface area contributed by atoms with Crippen LogP contribution in [0.25, 0.3) is 0 Å². The lowest BCUT2D eigenvalue weighted by Crippen LogP contribution is -2.32. The minimum atomic E-state index is -0.775. The summed E-state index contributed by atoms with van der Waals surface area (Å²) in [6.45, 7) is 4.80. The van der Waals surface area contributed by atoms with E-state index in [1.54, 1.807) is 12.1 Å². The monoisotopic (exact) mass is 324 g/mol. The highest BCUT2D eigenvalue weighted by molar-refractivity contribution is 9.10. The molecule has 0 aliphatic heterocycles. The smallest absolute Gasteiger partial charge is 0.303 e. The Hall–Kier alpha value is -1.54. The van der Waals surface area contributed by atoms with E-state index >= 15 is 0 Å². The third-order valence-electron chi connectivity index (χ3n) is 2.80. The predicted molar refractivity (Wildman–Crippen MR) is 78.2 cm³/mol. The number of halogens is 1. The lowest BCUT2D eigenvalue weighted by atomic mass is 10.1. The topological polar surface area (TPSA) is 64.3 Å². The molecule has 19 heavy (non-hydrogen) atoms. The summed E-state index contributed by atoms with van der Waals surface area (Å²) in [6.07, 6.45) is 0.761. The van der Waals surface area contributed by atoms with E-state index in [2.05, 4.69) is 40.7 Å². The van der Waals surface area contributed by atoms with Crippen LogP contribution in [0, 0.1) is 11.3 Å². The van der Waals surface area contributed by atoms with Crippen LogP contribution in [0.15, 0.2) is 22.7 Å². The molecule has 0 atom stereocenters. The summed E-state index contributed by atoms with van der Waals surface area (Å²) in [5.74, 6) is -0.775. The maximum Gasteiger partial charge on any atom is 0.303 e. The fourth-order valence-electron chi connectivity index (χ4n) is 1.87. The van der Waals surface area contributed by atoms with Crippen LogP contribution in [0.3, 0.4) is 0 Å². The summed E-state index contributed by atoms with van der Waals surface area (Å²) in [4.78, 5) is 12.7. The average Bonchev–Trinajstić information content (AvgIpc) is 2.34. The van der Waals surface area contributed by atoms with Gasteiger partial charge in [0.05, 0.1) is 17.3 Å². The first-order valence-corrected chi connectivity index (χ1v) is 6.93. The second-order valence-corrected chi connectivity index (χ2v) is 5.42. The maximum atomic E-state index is 10.6. The molecule has 0 saturated carbocycles. The van der Waals surface area contributed by atoms with Gasteiger partial charge in [-0.1, -0.05) is 0 Å². The van der Waals surface area contributed by atoms with Crippen molar-refractivity contribution in [3.05, 3.63) is 28.2 Å². The van der Waals surface area contributed by atoms with E-state index in [4.69, 9.17) is 10.4 Å². The number of hydrogen-bond acceptors (Lipinski definition) is 3. The van der Waals surface area contributed by atoms with E-state index in [0.717, 1.165) is 10.2 Å². The zero-order chi connectivity index (χ0) is 14.4. The summed E-state index contributed by atoms with van der Waals surface area (Å²) in [5, 5.41) is 17.5. The molecule has 0 saturated heterocycles. The summed E-state index contributed by atoms with van der Waals surface area (Å²) in [7, 11) is 0. The molecule has 4 nitrogen and oxygen atoms in total. The Labute approximate surface area is 121 Å². The molecule has 1 aromatic carbocycles. The highest BCUT2D eigenvalue weighted by atomic mass is 79.9. The molecule has 0 unspecified atom stereocenters. The molecule has 0 radical (unpaired) electrons. The maximum absolute atomic E-state index is 10.6. The summed E-state index contributed by atoms with van der Waals surface area (Å²) in [6, 6.07) is 7.80. The lowest BCUT2D eigenvalue weighted by Gasteiger charge is -2.30. The fourth-order valence-corrected chi connectivity index (χ4v) is 2.47. The molecule has 1 rings (SSSR count). The summed E-state index contributed by atoms with van der Waals surface area (Å²) >= 11 is 3.47. The van der Waals surface area contributed by atoms with Crippen molar-refractivity contribution < 1.29 is 9.90 Å². The third-order valence-corrected chi connectivity index (χ3v) is 3.43. The van der Waals surface area contributed by atoms with Gasteiger partial charge in [0.2, 0.25) is 0 Å². The molecular weight excluding hydrogens is 308 g/mol. The fraction of sp³-hybridized carbons (Fsp3) is 0.429. The van der Waals surface area contributed by atoms with Gasteiger partial charge in [-0.3, -0.25) is 4.79 Å². The lowest BCUT2D eigenvalue weighted by molar-refractivity contribution is -0.137. The van der Waals surface area contributed by atoms with Gasteiger partial charge in [-0.25, -0.2) is 0 Å². The van der Waals surface area contributed by atoms with Crippen molar-refractivity contribution in [1.29, 1.82) is 5.26 Å². The number of hydrogen-bond donors (Lipinski definition) is 1. The number of carboxylic acid groups (broad SMARTS) is 1. The predicted octanol–water partition coefficient (Wildman–Crippen LogP) is 3.40. The second-order valence-electron chi connectivity index (χ2n) is 4.56. The van der Waals surface area contributed by atoms with Crippen LogP contribution in [0.5, 0.6) is 0 Å². The van der Waals surface area contributed by atoms with Crippen molar-refractivity contribution >= 4 is 27.6 Å². The number of nitrogens with zero attached hydrogens (tertiary/aromatic N) is 2. The van der Waals surface area contributed by atoms with E-state index in [9.17, 15) is 4.79 Å². The Morgan fingerprint density at radius 1 is 1.53 bits per heavy atom. The van der Waals surface area contributed by atoms with Gasteiger partial charge in [-0.2, -0.15) is 5.26 Å². The van der Waals surface area contributed by atoms with Crippen LogP contribution in [0.1, 0.15) is 32.3 Å². The Bertz CT molecular complexity index is 495. The van der Waals surface area contributed by atoms with Crippen LogP contribution in [-0.4, -0.2) is 23.7 Å². The molecule has 102 valence electrons. The van der Waals surface area contributed by atoms with Gasteiger partial charge in [0, 0.05) is 23.5 Å². The molecule has 0 amide bonds. The van der Waals surface area contributed by atoms with Gasteiger partial charge in [-0.15, -0.1) is 0 Å². The van der Waals surface area contributed by atoms with E-state index < -0.39 is 5.97 Å². The van der Waals surface area contributed by atoms with E-state index in [1.807, 2.05) is 6.07 Å². The minimum absolute atomic E-state index is 0.164. The number of benzene rings is 1. The minimum Gasteiger partial charge on any atom is -0.481 e. The van der Waals surface area contributed by atoms with Gasteiger partial charge >= 0.3 is 5.97 Å². The van der Waals surface area contributed by atoms with E-state index in [-0.39, 0.29) is 12.5 Å². The number of nitriles is 1. The van der Waals surface area contributed by atoms with Crippen LogP contribution in [0.4, 0.5) is 5.69 Å². The number of carboxylic acids is 1. The molecule has 0 aromatic heterocycles. The van der Waals surface area contributed by atoms with Crippen molar-refractivity contribution in [3.63, 3.8) is 0 Å². The Balaban J connectivity index is 2.87. The van der Waals surface area contributed by atoms with Gasteiger partial charge in [-0.05, 0) is 54.4 Å². The van der Waals surface area contributed by atoms with Gasteiger partial charge in [0.1, 0.15) is 0 Å². The average molecular weight is 325 g/mol. The van der Waals surface area contributed by atoms with Crippen LogP contribution in [-0.2, 0) is 4.79 Å². The van der Waals surface area contributed by atoms with Crippen molar-refractivity contribution in [1.82, 2.24) is 0 Å². The first-order chi connectivity index (χ1) is 8.95. The normalized spacial score (nSPS) is 10.3. The SMILES string of the molecule is CC(C)N(CCCC(=O)O)c1ccc(C#N)cc1Br. The molecule has 5 heteroatoms. The van der Waals surface area contributed by atoms with Crippen LogP contribution >= 0.6 is 15.9 Å². The zero-order valence-electron chi connectivity index (χ0n) is 11.1. The Morgan fingerprint density at radius 3 is 2.68 bits per heavy atom. The van der Waals surface area contributed by atoms with E-state index in [0.29, 0.717) is 18.5 Å². The van der Waals surface area contributed by atoms with Gasteiger partial charge in [0.15, 0.2) is 0 Å². The van der Waals surface area contributed by atoms with Crippen molar-refractivity contribution in [2.75, 3.05) is 11.4 Å². The highest BCUT2D eigenvalue weighted by Crippen LogP contribution is 2.29. The molecule has 0 aliphatic rings. The van der Waals surface area contributed by atoms with Crippen LogP contribution < -0.4 is 4.90 Å². The molecule has 0 aliphatic carbocycles. The molecule has 1 N–H and O–H groups in total. The van der Waals surface area contributed by atoms with Gasteiger partial charge < -0.3 is 10.0 Å². The molecule has 0 spiro atoms. The third kappa shape index (κ3) is 4.56. The zero-order valence-corrected chi connectivity index (χ0v) is 12.6. The molecule has 0 fully saturated rings. The molecule has 0 heterocycles. The first kappa shape index (κ1) is 15.5. The first-order valence-electron chi connectivity index (χ1n) is 6.13. The summed E-state index contributed by atoms with van der Waals surface area (Å²) in [5.41, 5.74) is 1.59. The number of carbonyl (C=O) groups is 1. The number of anilines is 1.